The molecule has 0 aromatic heterocycles. The number of aromatic hydroxyl groups is 2. The number of benzene rings is 2. The summed E-state index contributed by atoms with van der Waals surface area (Å²) in [7, 11) is 1.46. The van der Waals surface area contributed by atoms with Crippen molar-refractivity contribution in [2.45, 2.75) is 37.4 Å². The lowest BCUT2D eigenvalue weighted by Gasteiger charge is -2.31. The number of phenolic OH excluding ortho intramolecular Hbond substituents is 2. The molecule has 3 atom stereocenters. The second-order valence-corrected chi connectivity index (χ2v) is 8.88. The van der Waals surface area contributed by atoms with Crippen LogP contribution in [0.25, 0.3) is 11.1 Å². The van der Waals surface area contributed by atoms with Gasteiger partial charge in [0.05, 0.1) is 6.04 Å². The van der Waals surface area contributed by atoms with Gasteiger partial charge in [0.2, 0.25) is 17.7 Å². The smallest absolute Gasteiger partial charge is 0.245 e. The zero-order chi connectivity index (χ0) is 26.4. The molecule has 4 bridgehead atoms. The van der Waals surface area contributed by atoms with Gasteiger partial charge >= 0.3 is 0 Å². The third-order valence-corrected chi connectivity index (χ3v) is 6.31. The number of amides is 3. The second kappa shape index (κ2) is 11.8. The van der Waals surface area contributed by atoms with E-state index < -0.39 is 35.8 Å². The first-order valence-electron chi connectivity index (χ1n) is 11.8. The standard InChI is InChI=1S/C25H34N6O5/c1-31-20(24(35)29-9-8-27)13-17-11-15(3-5-22(17)33)14-2-4-21(32)16(10-14)12-18(28)23(34)30-19(6-7-26)25(31)36/h2-5,10-11,18-20,32-33H,6-9,12-13,26-28H2,1H3,(H,29,35)(H,30,34)/t18-,19-,20-/m0/s1. The van der Waals surface area contributed by atoms with Crippen LogP contribution in [0.15, 0.2) is 36.4 Å². The first-order chi connectivity index (χ1) is 17.2. The lowest BCUT2D eigenvalue weighted by Crippen LogP contribution is -2.57. The molecule has 11 nitrogen and oxygen atoms in total. The Bertz CT molecular complexity index is 1120. The first-order valence-corrected chi connectivity index (χ1v) is 11.8. The van der Waals surface area contributed by atoms with E-state index >= 15 is 0 Å². The number of carbonyl (C=O) groups is 3. The molecule has 11 heteroatoms. The summed E-state index contributed by atoms with van der Waals surface area (Å²) >= 11 is 0. The number of carbonyl (C=O) groups excluding carboxylic acids is 3. The van der Waals surface area contributed by atoms with Gasteiger partial charge in [-0.1, -0.05) is 12.1 Å². The van der Waals surface area contributed by atoms with Gasteiger partial charge in [0.25, 0.3) is 0 Å². The fourth-order valence-corrected chi connectivity index (χ4v) is 4.22. The summed E-state index contributed by atoms with van der Waals surface area (Å²) in [6.45, 7) is 0.525. The number of nitrogens with two attached hydrogens (primary N) is 3. The maximum absolute atomic E-state index is 13.4. The number of hydrogen-bond donors (Lipinski definition) is 7. The Balaban J connectivity index is 2.14. The van der Waals surface area contributed by atoms with Gasteiger partial charge in [-0.2, -0.15) is 0 Å². The second-order valence-electron chi connectivity index (χ2n) is 8.88. The normalized spacial score (nSPS) is 20.8. The van der Waals surface area contributed by atoms with Gasteiger partial charge in [-0.05, 0) is 59.5 Å². The lowest BCUT2D eigenvalue weighted by atomic mass is 9.95. The zero-order valence-corrected chi connectivity index (χ0v) is 20.2. The predicted octanol–water partition coefficient (Wildman–Crippen LogP) is -1.07. The van der Waals surface area contributed by atoms with Crippen LogP contribution < -0.4 is 27.8 Å². The predicted molar refractivity (Wildman–Crippen MR) is 135 cm³/mol. The minimum atomic E-state index is -1.05. The van der Waals surface area contributed by atoms with Crippen LogP contribution >= 0.6 is 0 Å². The van der Waals surface area contributed by atoms with Crippen molar-refractivity contribution in [1.29, 1.82) is 0 Å². The molecule has 3 amide bonds. The van der Waals surface area contributed by atoms with Crippen LogP contribution in [0.5, 0.6) is 11.5 Å². The SMILES string of the molecule is CN1C(=O)[C@H](CCN)NC(=O)[C@@H](N)Cc2cc(ccc2O)-c2ccc(O)c(c2)C[C@H]1C(=O)NCCN. The maximum Gasteiger partial charge on any atom is 0.245 e. The molecule has 194 valence electrons. The number of phenols is 2. The minimum absolute atomic E-state index is 0.00602. The molecule has 0 fully saturated rings. The summed E-state index contributed by atoms with van der Waals surface area (Å²) in [5, 5.41) is 26.3. The van der Waals surface area contributed by atoms with Gasteiger partial charge < -0.3 is 42.9 Å². The van der Waals surface area contributed by atoms with Crippen molar-refractivity contribution in [1.82, 2.24) is 15.5 Å². The highest BCUT2D eigenvalue weighted by Gasteiger charge is 2.33. The maximum atomic E-state index is 13.4. The van der Waals surface area contributed by atoms with Gasteiger partial charge in [0, 0.05) is 33.0 Å². The number of rotatable bonds is 5. The molecule has 1 aliphatic rings. The molecule has 2 aromatic carbocycles. The van der Waals surface area contributed by atoms with Gasteiger partial charge in [0.1, 0.15) is 23.6 Å². The molecule has 0 radical (unpaired) electrons. The number of nitrogens with one attached hydrogen (secondary N) is 2. The molecule has 10 N–H and O–H groups in total. The van der Waals surface area contributed by atoms with E-state index in [4.69, 9.17) is 17.2 Å². The van der Waals surface area contributed by atoms with Gasteiger partial charge in [-0.15, -0.1) is 0 Å². The Morgan fingerprint density at radius 2 is 1.61 bits per heavy atom. The topological polar surface area (TPSA) is 197 Å². The zero-order valence-electron chi connectivity index (χ0n) is 20.2. The Hall–Kier alpha value is -3.67. The highest BCUT2D eigenvalue weighted by Crippen LogP contribution is 2.31. The first kappa shape index (κ1) is 26.9. The Morgan fingerprint density at radius 1 is 1.03 bits per heavy atom. The van der Waals surface area contributed by atoms with Crippen LogP contribution in [0.3, 0.4) is 0 Å². The van der Waals surface area contributed by atoms with Gasteiger partial charge in [-0.3, -0.25) is 14.4 Å². The van der Waals surface area contributed by atoms with Crippen molar-refractivity contribution in [3.05, 3.63) is 47.5 Å². The lowest BCUT2D eigenvalue weighted by molar-refractivity contribution is -0.142. The molecule has 0 aliphatic carbocycles. The Kier molecular flexibility index (Phi) is 8.86. The summed E-state index contributed by atoms with van der Waals surface area (Å²) in [4.78, 5) is 40.6. The average Bonchev–Trinajstić information content (AvgIpc) is 2.86. The quantitative estimate of drug-likeness (QED) is 0.270. The van der Waals surface area contributed by atoms with E-state index in [1.54, 1.807) is 24.3 Å². The van der Waals surface area contributed by atoms with E-state index in [1.807, 2.05) is 0 Å². The molecule has 1 heterocycles. The largest absolute Gasteiger partial charge is 0.508 e. The Morgan fingerprint density at radius 3 is 2.17 bits per heavy atom. The summed E-state index contributed by atoms with van der Waals surface area (Å²) in [5.74, 6) is -1.61. The van der Waals surface area contributed by atoms with Gasteiger partial charge in [-0.25, -0.2) is 0 Å². The molecule has 3 rings (SSSR count). The van der Waals surface area contributed by atoms with E-state index in [1.165, 1.54) is 24.1 Å². The third kappa shape index (κ3) is 6.11. The fraction of sp³-hybridized carbons (Fsp3) is 0.400. The number of likely N-dealkylation sites (N-methyl/N-ethyl adjacent to an activating group) is 1. The molecule has 2 aromatic rings. The van der Waals surface area contributed by atoms with Crippen molar-refractivity contribution in [3.8, 4) is 22.6 Å². The van der Waals surface area contributed by atoms with E-state index in [0.29, 0.717) is 16.7 Å². The average molecular weight is 499 g/mol. The molecule has 36 heavy (non-hydrogen) atoms. The van der Waals surface area contributed by atoms with E-state index in [0.717, 1.165) is 5.56 Å². The molecule has 0 spiro atoms. The van der Waals surface area contributed by atoms with Gasteiger partial charge in [0.15, 0.2) is 0 Å². The summed E-state index contributed by atoms with van der Waals surface area (Å²) < 4.78 is 0. The molecular formula is C25H34N6O5. The highest BCUT2D eigenvalue weighted by molar-refractivity contribution is 5.93. The van der Waals surface area contributed by atoms with Crippen LogP contribution in [0.1, 0.15) is 17.5 Å². The summed E-state index contributed by atoms with van der Waals surface area (Å²) in [6.07, 6.45) is 0.159. The Labute approximate surface area is 209 Å². The molecule has 0 saturated heterocycles. The number of hydrogen-bond acceptors (Lipinski definition) is 8. The van der Waals surface area contributed by atoms with Crippen molar-refractivity contribution in [2.24, 2.45) is 17.2 Å². The molecular weight excluding hydrogens is 464 g/mol. The van der Waals surface area contributed by atoms with Crippen LogP contribution in [-0.2, 0) is 27.2 Å². The summed E-state index contributed by atoms with van der Waals surface area (Å²) in [6, 6.07) is 6.81. The number of fused-ring (bicyclic) bond motifs is 5. The monoisotopic (exact) mass is 498 g/mol. The van der Waals surface area contributed by atoms with Crippen molar-refractivity contribution in [3.63, 3.8) is 0 Å². The van der Waals surface area contributed by atoms with Crippen LogP contribution in [0.4, 0.5) is 0 Å². The van der Waals surface area contributed by atoms with E-state index in [9.17, 15) is 24.6 Å². The summed E-state index contributed by atoms with van der Waals surface area (Å²) in [5.41, 5.74) is 19.7. The number of nitrogens with zero attached hydrogens (tertiary/aromatic N) is 1. The van der Waals surface area contributed by atoms with Crippen LogP contribution in [0, 0.1) is 0 Å². The molecule has 0 saturated carbocycles. The van der Waals surface area contributed by atoms with E-state index in [-0.39, 0.29) is 50.4 Å². The van der Waals surface area contributed by atoms with Crippen molar-refractivity contribution in [2.75, 3.05) is 26.7 Å². The fourth-order valence-electron chi connectivity index (χ4n) is 4.22. The highest BCUT2D eigenvalue weighted by atomic mass is 16.3. The third-order valence-electron chi connectivity index (χ3n) is 6.31. The molecule has 0 unspecified atom stereocenters. The van der Waals surface area contributed by atoms with Crippen molar-refractivity contribution >= 4 is 17.7 Å². The van der Waals surface area contributed by atoms with Crippen molar-refractivity contribution < 1.29 is 24.6 Å². The van der Waals surface area contributed by atoms with E-state index in [2.05, 4.69) is 10.6 Å². The van der Waals surface area contributed by atoms with Crippen LogP contribution in [0.2, 0.25) is 0 Å². The minimum Gasteiger partial charge on any atom is -0.508 e. The molecule has 1 aliphatic heterocycles. The van der Waals surface area contributed by atoms with Crippen LogP contribution in [-0.4, -0.2) is 77.6 Å².